The lowest BCUT2D eigenvalue weighted by Crippen LogP contribution is -2.46. The van der Waals surface area contributed by atoms with Gasteiger partial charge in [-0.1, -0.05) is 84.6 Å². The van der Waals surface area contributed by atoms with Gasteiger partial charge in [0.2, 0.25) is 5.91 Å². The zero-order valence-electron chi connectivity index (χ0n) is 19.9. The van der Waals surface area contributed by atoms with Crippen LogP contribution >= 0.6 is 11.8 Å². The number of aromatic nitrogens is 1. The van der Waals surface area contributed by atoms with Crippen molar-refractivity contribution in [3.05, 3.63) is 96.2 Å². The van der Waals surface area contributed by atoms with E-state index in [2.05, 4.69) is 10.3 Å². The molecule has 36 heavy (non-hydrogen) atoms. The molecule has 1 heterocycles. The Bertz CT molecular complexity index is 1370. The van der Waals surface area contributed by atoms with Crippen molar-refractivity contribution in [2.45, 2.75) is 25.8 Å². The number of hydrogen-bond donors (Lipinski definition) is 3. The van der Waals surface area contributed by atoms with E-state index in [1.54, 1.807) is 6.20 Å². The molecule has 3 aromatic carbocycles. The minimum Gasteiger partial charge on any atom is -0.480 e. The predicted molar refractivity (Wildman–Crippen MR) is 144 cm³/mol. The van der Waals surface area contributed by atoms with Crippen LogP contribution in [0, 0.1) is 5.92 Å². The van der Waals surface area contributed by atoms with Gasteiger partial charge in [0.15, 0.2) is 5.12 Å². The second-order valence-electron chi connectivity index (χ2n) is 8.73. The van der Waals surface area contributed by atoms with Gasteiger partial charge in [-0.2, -0.15) is 0 Å². The first-order chi connectivity index (χ1) is 17.4. The summed E-state index contributed by atoms with van der Waals surface area (Å²) in [4.78, 5) is 40.2. The Kier molecular flexibility index (Phi) is 8.23. The fraction of sp³-hybridized carbons (Fsp3) is 0.207. The number of hydrogen-bond acceptors (Lipinski definition) is 4. The van der Waals surface area contributed by atoms with Crippen LogP contribution in [0.4, 0.5) is 0 Å². The molecular formula is C29H28N2O4S. The zero-order valence-corrected chi connectivity index (χ0v) is 20.8. The van der Waals surface area contributed by atoms with E-state index in [0.29, 0.717) is 6.42 Å². The monoisotopic (exact) mass is 500 g/mol. The van der Waals surface area contributed by atoms with E-state index in [-0.39, 0.29) is 23.2 Å². The Morgan fingerprint density at radius 2 is 1.64 bits per heavy atom. The molecule has 4 aromatic rings. The van der Waals surface area contributed by atoms with E-state index in [1.165, 1.54) is 6.92 Å². The molecule has 0 aliphatic carbocycles. The summed E-state index contributed by atoms with van der Waals surface area (Å²) in [6.45, 7) is 1.47. The third-order valence-electron chi connectivity index (χ3n) is 6.09. The number of benzene rings is 3. The Balaban J connectivity index is 1.52. The van der Waals surface area contributed by atoms with Crippen LogP contribution in [0.15, 0.2) is 85.1 Å². The van der Waals surface area contributed by atoms with Crippen LogP contribution in [0.3, 0.4) is 0 Å². The summed E-state index contributed by atoms with van der Waals surface area (Å²) in [5, 5.41) is 13.4. The summed E-state index contributed by atoms with van der Waals surface area (Å²) < 4.78 is 0. The van der Waals surface area contributed by atoms with E-state index < -0.39 is 17.9 Å². The van der Waals surface area contributed by atoms with Gasteiger partial charge in [-0.3, -0.25) is 9.59 Å². The molecule has 0 radical (unpaired) electrons. The van der Waals surface area contributed by atoms with Gasteiger partial charge in [-0.05, 0) is 34.7 Å². The molecule has 0 aliphatic rings. The minimum absolute atomic E-state index is 0.0839. The number of aliphatic carboxylic acids is 1. The van der Waals surface area contributed by atoms with Crippen molar-refractivity contribution in [2.24, 2.45) is 5.92 Å². The number of carboxylic acid groups (broad SMARTS) is 1. The van der Waals surface area contributed by atoms with E-state index in [1.807, 2.05) is 78.9 Å². The van der Waals surface area contributed by atoms with E-state index >= 15 is 0 Å². The van der Waals surface area contributed by atoms with Crippen LogP contribution in [0.2, 0.25) is 0 Å². The highest BCUT2D eigenvalue weighted by atomic mass is 32.2. The van der Waals surface area contributed by atoms with Crippen molar-refractivity contribution in [2.75, 3.05) is 5.75 Å². The van der Waals surface area contributed by atoms with Crippen molar-refractivity contribution >= 4 is 39.7 Å². The maximum Gasteiger partial charge on any atom is 0.326 e. The highest BCUT2D eigenvalue weighted by Gasteiger charge is 2.27. The molecule has 0 spiro atoms. The molecule has 184 valence electrons. The summed E-state index contributed by atoms with van der Waals surface area (Å²) in [6.07, 6.45) is 2.33. The summed E-state index contributed by atoms with van der Waals surface area (Å²) >= 11 is 1.08. The first-order valence-electron chi connectivity index (χ1n) is 11.8. The van der Waals surface area contributed by atoms with E-state index in [0.717, 1.165) is 44.9 Å². The first kappa shape index (κ1) is 25.3. The van der Waals surface area contributed by atoms with Crippen LogP contribution in [-0.2, 0) is 27.2 Å². The maximum absolute atomic E-state index is 13.3. The molecule has 7 heteroatoms. The zero-order chi connectivity index (χ0) is 25.5. The lowest BCUT2D eigenvalue weighted by atomic mass is 9.96. The molecule has 1 aromatic heterocycles. The standard InChI is InChI=1S/C29H28N2O4S/c1-19(32)36-18-24(15-20-8-7-11-22(14-20)21-9-3-2-4-10-21)28(33)31-27(29(34)35)16-23-17-30-26-13-6-5-12-25(23)26/h2-14,17,24,27,30H,15-16,18H2,1H3,(H,31,33)(H,34,35)/t24?,27-/m0/s1. The van der Waals surface area contributed by atoms with E-state index in [9.17, 15) is 19.5 Å². The summed E-state index contributed by atoms with van der Waals surface area (Å²) in [6, 6.07) is 24.5. The normalized spacial score (nSPS) is 12.7. The van der Waals surface area contributed by atoms with Gasteiger partial charge in [-0.15, -0.1) is 0 Å². The molecular weight excluding hydrogens is 472 g/mol. The van der Waals surface area contributed by atoms with Gasteiger partial charge in [0, 0.05) is 36.2 Å². The number of H-pyrrole nitrogens is 1. The molecule has 1 amide bonds. The van der Waals surface area contributed by atoms with Crippen molar-refractivity contribution in [3.8, 4) is 11.1 Å². The fourth-order valence-electron chi connectivity index (χ4n) is 4.25. The molecule has 1 unspecified atom stereocenters. The molecule has 2 atom stereocenters. The highest BCUT2D eigenvalue weighted by molar-refractivity contribution is 8.13. The molecule has 0 bridgehead atoms. The van der Waals surface area contributed by atoms with Crippen LogP contribution in [0.25, 0.3) is 22.0 Å². The van der Waals surface area contributed by atoms with Crippen LogP contribution in [-0.4, -0.2) is 38.9 Å². The van der Waals surface area contributed by atoms with Gasteiger partial charge in [-0.25, -0.2) is 4.79 Å². The highest BCUT2D eigenvalue weighted by Crippen LogP contribution is 2.24. The number of amides is 1. The second-order valence-corrected chi connectivity index (χ2v) is 9.93. The van der Waals surface area contributed by atoms with Gasteiger partial charge < -0.3 is 15.4 Å². The minimum atomic E-state index is -1.10. The topological polar surface area (TPSA) is 99.3 Å². The Morgan fingerprint density at radius 3 is 2.39 bits per heavy atom. The van der Waals surface area contributed by atoms with Gasteiger partial charge in [0.05, 0.1) is 5.92 Å². The quantitative estimate of drug-likeness (QED) is 0.282. The van der Waals surface area contributed by atoms with Crippen LogP contribution in [0.5, 0.6) is 0 Å². The Morgan fingerprint density at radius 1 is 0.917 bits per heavy atom. The molecule has 0 aliphatic heterocycles. The number of rotatable bonds is 10. The van der Waals surface area contributed by atoms with Crippen LogP contribution in [0.1, 0.15) is 18.1 Å². The van der Waals surface area contributed by atoms with Crippen LogP contribution < -0.4 is 5.32 Å². The number of aromatic amines is 1. The second kappa shape index (κ2) is 11.7. The average molecular weight is 501 g/mol. The van der Waals surface area contributed by atoms with E-state index in [4.69, 9.17) is 0 Å². The van der Waals surface area contributed by atoms with Crippen molar-refractivity contribution < 1.29 is 19.5 Å². The third kappa shape index (κ3) is 6.43. The number of fused-ring (bicyclic) bond motifs is 1. The predicted octanol–water partition coefficient (Wildman–Crippen LogP) is 5.09. The number of thioether (sulfide) groups is 1. The Hall–Kier alpha value is -3.84. The van der Waals surface area contributed by atoms with Gasteiger partial charge >= 0.3 is 5.97 Å². The molecule has 6 nitrogen and oxygen atoms in total. The summed E-state index contributed by atoms with van der Waals surface area (Å²) in [5.74, 6) is -1.76. The number of nitrogens with one attached hydrogen (secondary N) is 2. The third-order valence-corrected chi connectivity index (χ3v) is 7.06. The largest absolute Gasteiger partial charge is 0.480 e. The molecule has 3 N–H and O–H groups in total. The van der Waals surface area contributed by atoms with Crippen molar-refractivity contribution in [3.63, 3.8) is 0 Å². The molecule has 0 saturated heterocycles. The van der Waals surface area contributed by atoms with Gasteiger partial charge in [0.25, 0.3) is 0 Å². The first-order valence-corrected chi connectivity index (χ1v) is 12.7. The molecule has 4 rings (SSSR count). The van der Waals surface area contributed by atoms with Gasteiger partial charge in [0.1, 0.15) is 6.04 Å². The summed E-state index contributed by atoms with van der Waals surface area (Å²) in [7, 11) is 0. The Labute approximate surface area is 214 Å². The lowest BCUT2D eigenvalue weighted by molar-refractivity contribution is -0.142. The fourth-order valence-corrected chi connectivity index (χ4v) is 4.95. The van der Waals surface area contributed by atoms with Crippen molar-refractivity contribution in [1.82, 2.24) is 10.3 Å². The molecule has 0 fully saturated rings. The van der Waals surface area contributed by atoms with Crippen molar-refractivity contribution in [1.29, 1.82) is 0 Å². The number of carboxylic acids is 1. The lowest BCUT2D eigenvalue weighted by Gasteiger charge is -2.20. The molecule has 0 saturated carbocycles. The summed E-state index contributed by atoms with van der Waals surface area (Å²) in [5.41, 5.74) is 4.79. The maximum atomic E-state index is 13.3. The number of carbonyl (C=O) groups is 3. The smallest absolute Gasteiger partial charge is 0.326 e. The average Bonchev–Trinajstić information content (AvgIpc) is 3.29. The SMILES string of the molecule is CC(=O)SCC(Cc1cccc(-c2ccccc2)c1)C(=O)N[C@@H](Cc1c[nH]c2ccccc12)C(=O)O. The number of para-hydroxylation sites is 1. The number of carbonyl (C=O) groups excluding carboxylic acids is 2.